The maximum absolute atomic E-state index is 11.6. The molecule has 1 fully saturated rings. The van der Waals surface area contributed by atoms with Crippen molar-refractivity contribution in [1.29, 1.82) is 0 Å². The normalized spacial score (nSPS) is 15.4. The van der Waals surface area contributed by atoms with Gasteiger partial charge in [0.05, 0.1) is 6.21 Å². The van der Waals surface area contributed by atoms with Crippen LogP contribution in [0.3, 0.4) is 0 Å². The van der Waals surface area contributed by atoms with E-state index in [1.165, 1.54) is 18.3 Å². The first-order chi connectivity index (χ1) is 9.65. The lowest BCUT2D eigenvalue weighted by Crippen LogP contribution is -2.42. The predicted molar refractivity (Wildman–Crippen MR) is 74.2 cm³/mol. The Labute approximate surface area is 116 Å². The maximum atomic E-state index is 11.6. The molecule has 6 heteroatoms. The Morgan fingerprint density at radius 1 is 1.25 bits per heavy atom. The lowest BCUT2D eigenvalue weighted by Gasteiger charge is -2.10. The van der Waals surface area contributed by atoms with Gasteiger partial charge < -0.3 is 10.4 Å². The second-order valence-electron chi connectivity index (χ2n) is 4.75. The van der Waals surface area contributed by atoms with Gasteiger partial charge in [-0.25, -0.2) is 5.43 Å². The van der Waals surface area contributed by atoms with E-state index in [0.717, 1.165) is 25.7 Å². The third-order valence-corrected chi connectivity index (χ3v) is 3.15. The topological polar surface area (TPSA) is 90.8 Å². The molecule has 0 saturated heterocycles. The highest BCUT2D eigenvalue weighted by Gasteiger charge is 2.20. The molecule has 2 rings (SSSR count). The van der Waals surface area contributed by atoms with Crippen LogP contribution in [0.2, 0.25) is 0 Å². The molecule has 0 unspecified atom stereocenters. The Morgan fingerprint density at radius 3 is 2.70 bits per heavy atom. The molecular weight excluding hydrogens is 258 g/mol. The van der Waals surface area contributed by atoms with Crippen molar-refractivity contribution in [2.24, 2.45) is 5.10 Å². The van der Waals surface area contributed by atoms with Crippen LogP contribution in [0.25, 0.3) is 0 Å². The zero-order chi connectivity index (χ0) is 14.4. The molecule has 1 aliphatic carbocycles. The highest BCUT2D eigenvalue weighted by molar-refractivity contribution is 6.35. The molecule has 20 heavy (non-hydrogen) atoms. The standard InChI is InChI=1S/C14H17N3O3/c18-12-7-3-4-10(8-12)9-15-17-14(20)13(19)16-11-5-1-2-6-11/h3-4,7-9,11,18H,1-2,5-6H2,(H,16,19)(H,17,20)/b15-9-. The van der Waals surface area contributed by atoms with Crippen molar-refractivity contribution in [2.75, 3.05) is 0 Å². The fourth-order valence-corrected chi connectivity index (χ4v) is 2.14. The number of hydrazone groups is 1. The van der Waals surface area contributed by atoms with Gasteiger partial charge in [0, 0.05) is 6.04 Å². The Balaban J connectivity index is 1.80. The van der Waals surface area contributed by atoms with E-state index in [1.54, 1.807) is 12.1 Å². The van der Waals surface area contributed by atoms with E-state index in [4.69, 9.17) is 0 Å². The van der Waals surface area contributed by atoms with Gasteiger partial charge >= 0.3 is 11.8 Å². The summed E-state index contributed by atoms with van der Waals surface area (Å²) in [5.74, 6) is -1.34. The highest BCUT2D eigenvalue weighted by atomic mass is 16.3. The predicted octanol–water partition coefficient (Wildman–Crippen LogP) is 0.901. The molecule has 0 bridgehead atoms. The number of aromatic hydroxyl groups is 1. The highest BCUT2D eigenvalue weighted by Crippen LogP contribution is 2.17. The second-order valence-corrected chi connectivity index (χ2v) is 4.75. The van der Waals surface area contributed by atoms with Crippen molar-refractivity contribution >= 4 is 18.0 Å². The van der Waals surface area contributed by atoms with Gasteiger partial charge in [-0.1, -0.05) is 25.0 Å². The average Bonchev–Trinajstić information content (AvgIpc) is 2.91. The van der Waals surface area contributed by atoms with E-state index in [-0.39, 0.29) is 11.8 Å². The van der Waals surface area contributed by atoms with Gasteiger partial charge in [0.15, 0.2) is 0 Å². The van der Waals surface area contributed by atoms with Gasteiger partial charge in [-0.15, -0.1) is 0 Å². The molecule has 0 spiro atoms. The van der Waals surface area contributed by atoms with Crippen LogP contribution >= 0.6 is 0 Å². The molecule has 2 amide bonds. The molecule has 3 N–H and O–H groups in total. The van der Waals surface area contributed by atoms with Gasteiger partial charge in [-0.3, -0.25) is 9.59 Å². The van der Waals surface area contributed by atoms with E-state index in [2.05, 4.69) is 15.8 Å². The van der Waals surface area contributed by atoms with Gasteiger partial charge in [0.25, 0.3) is 0 Å². The number of phenolic OH excluding ortho intramolecular Hbond substituents is 1. The molecule has 0 atom stereocenters. The molecule has 1 aromatic rings. The van der Waals surface area contributed by atoms with Crippen molar-refractivity contribution in [2.45, 2.75) is 31.7 Å². The average molecular weight is 275 g/mol. The van der Waals surface area contributed by atoms with Crippen molar-refractivity contribution in [3.63, 3.8) is 0 Å². The minimum absolute atomic E-state index is 0.100. The van der Waals surface area contributed by atoms with Crippen LogP contribution in [0.4, 0.5) is 0 Å². The van der Waals surface area contributed by atoms with E-state index in [0.29, 0.717) is 5.56 Å². The monoisotopic (exact) mass is 275 g/mol. The number of carbonyl (C=O) groups is 2. The van der Waals surface area contributed by atoms with Crippen LogP contribution in [0.1, 0.15) is 31.2 Å². The Hall–Kier alpha value is -2.37. The van der Waals surface area contributed by atoms with Crippen molar-refractivity contribution in [3.05, 3.63) is 29.8 Å². The molecule has 0 radical (unpaired) electrons. The number of phenols is 1. The smallest absolute Gasteiger partial charge is 0.329 e. The Bertz CT molecular complexity index is 522. The molecule has 106 valence electrons. The first kappa shape index (κ1) is 14.0. The summed E-state index contributed by atoms with van der Waals surface area (Å²) in [6.45, 7) is 0. The summed E-state index contributed by atoms with van der Waals surface area (Å²) in [5, 5.41) is 15.6. The zero-order valence-electron chi connectivity index (χ0n) is 11.0. The van der Waals surface area contributed by atoms with Crippen LogP contribution in [0, 0.1) is 0 Å². The second kappa shape index (κ2) is 6.70. The number of hydrogen-bond acceptors (Lipinski definition) is 4. The minimum atomic E-state index is -0.784. The van der Waals surface area contributed by atoms with E-state index in [1.807, 2.05) is 0 Å². The van der Waals surface area contributed by atoms with Crippen LogP contribution in [0.15, 0.2) is 29.4 Å². The van der Waals surface area contributed by atoms with Crippen molar-refractivity contribution < 1.29 is 14.7 Å². The quantitative estimate of drug-likeness (QED) is 0.435. The Kier molecular flexibility index (Phi) is 4.70. The molecule has 0 aromatic heterocycles. The number of carbonyl (C=O) groups excluding carboxylic acids is 2. The number of amides is 2. The number of benzene rings is 1. The van der Waals surface area contributed by atoms with Crippen LogP contribution < -0.4 is 10.7 Å². The van der Waals surface area contributed by atoms with E-state index in [9.17, 15) is 14.7 Å². The minimum Gasteiger partial charge on any atom is -0.508 e. The van der Waals surface area contributed by atoms with Crippen LogP contribution in [0.5, 0.6) is 5.75 Å². The molecular formula is C14H17N3O3. The summed E-state index contributed by atoms with van der Waals surface area (Å²) in [5.41, 5.74) is 2.79. The van der Waals surface area contributed by atoms with Crippen LogP contribution in [-0.2, 0) is 9.59 Å². The van der Waals surface area contributed by atoms with Gasteiger partial charge in [0.1, 0.15) is 5.75 Å². The van der Waals surface area contributed by atoms with Crippen molar-refractivity contribution in [3.8, 4) is 5.75 Å². The Morgan fingerprint density at radius 2 is 2.00 bits per heavy atom. The molecule has 0 aliphatic heterocycles. The number of nitrogens with one attached hydrogen (secondary N) is 2. The summed E-state index contributed by atoms with van der Waals surface area (Å²) >= 11 is 0. The molecule has 6 nitrogen and oxygen atoms in total. The van der Waals surface area contributed by atoms with Gasteiger partial charge in [0.2, 0.25) is 0 Å². The molecule has 1 aromatic carbocycles. The molecule has 0 heterocycles. The first-order valence-corrected chi connectivity index (χ1v) is 6.58. The maximum Gasteiger partial charge on any atom is 0.329 e. The number of hydrogen-bond donors (Lipinski definition) is 3. The van der Waals surface area contributed by atoms with E-state index >= 15 is 0 Å². The fraction of sp³-hybridized carbons (Fsp3) is 0.357. The lowest BCUT2D eigenvalue weighted by molar-refractivity contribution is -0.139. The van der Waals surface area contributed by atoms with Gasteiger partial charge in [-0.2, -0.15) is 5.10 Å². The molecule has 1 saturated carbocycles. The summed E-state index contributed by atoms with van der Waals surface area (Å²) < 4.78 is 0. The zero-order valence-corrected chi connectivity index (χ0v) is 11.0. The summed E-state index contributed by atoms with van der Waals surface area (Å²) in [7, 11) is 0. The SMILES string of the molecule is O=C(N/N=C\c1cccc(O)c1)C(=O)NC1CCCC1. The largest absolute Gasteiger partial charge is 0.508 e. The first-order valence-electron chi connectivity index (χ1n) is 6.58. The van der Waals surface area contributed by atoms with Crippen LogP contribution in [-0.4, -0.2) is 29.2 Å². The van der Waals surface area contributed by atoms with E-state index < -0.39 is 11.8 Å². The summed E-state index contributed by atoms with van der Waals surface area (Å²) in [6.07, 6.45) is 5.38. The molecule has 1 aliphatic rings. The van der Waals surface area contributed by atoms with Gasteiger partial charge in [-0.05, 0) is 30.5 Å². The number of rotatable bonds is 3. The third kappa shape index (κ3) is 4.08. The summed E-state index contributed by atoms with van der Waals surface area (Å²) in [4.78, 5) is 23.1. The summed E-state index contributed by atoms with van der Waals surface area (Å²) in [6, 6.07) is 6.50. The van der Waals surface area contributed by atoms with Crippen molar-refractivity contribution in [1.82, 2.24) is 10.7 Å². The lowest BCUT2D eigenvalue weighted by atomic mass is 10.2. The third-order valence-electron chi connectivity index (χ3n) is 3.15. The number of nitrogens with zero attached hydrogens (tertiary/aromatic N) is 1. The fourth-order valence-electron chi connectivity index (χ4n) is 2.14.